The lowest BCUT2D eigenvalue weighted by Crippen LogP contribution is -2.30. The number of methoxy groups -OCH3 is 2. The first-order chi connectivity index (χ1) is 10.1. The molecule has 2 N–H and O–H groups in total. The van der Waals surface area contributed by atoms with Crippen molar-refractivity contribution in [2.75, 3.05) is 14.2 Å². The zero-order valence-corrected chi connectivity index (χ0v) is 12.8. The number of rotatable bonds is 6. The van der Waals surface area contributed by atoms with Crippen LogP contribution in [0.15, 0.2) is 47.4 Å². The summed E-state index contributed by atoms with van der Waals surface area (Å²) in [6.07, 6.45) is 0. The zero-order valence-electron chi connectivity index (χ0n) is 11.9. The van der Waals surface area contributed by atoms with Crippen LogP contribution in [0.3, 0.4) is 0 Å². The fourth-order valence-corrected chi connectivity index (χ4v) is 2.78. The molecule has 0 aliphatic heterocycles. The van der Waals surface area contributed by atoms with Crippen molar-refractivity contribution in [1.82, 2.24) is 0 Å². The second-order valence-corrected chi connectivity index (χ2v) is 5.46. The van der Waals surface area contributed by atoms with Crippen molar-refractivity contribution in [3.8, 4) is 11.5 Å². The van der Waals surface area contributed by atoms with Gasteiger partial charge < -0.3 is 19.5 Å². The molecule has 2 rings (SSSR count). The molecule has 2 aromatic rings. The van der Waals surface area contributed by atoms with E-state index in [1.54, 1.807) is 44.2 Å². The van der Waals surface area contributed by atoms with E-state index >= 15 is 0 Å². The highest BCUT2D eigenvalue weighted by Crippen LogP contribution is 2.28. The van der Waals surface area contributed by atoms with Crippen LogP contribution in [0.2, 0.25) is 0 Å². The maximum Gasteiger partial charge on any atom is 0.488 e. The molecule has 0 aliphatic carbocycles. The Morgan fingerprint density at radius 1 is 1.00 bits per heavy atom. The van der Waals surface area contributed by atoms with E-state index in [4.69, 9.17) is 9.47 Å². The average molecular weight is 304 g/mol. The highest BCUT2D eigenvalue weighted by atomic mass is 32.2. The van der Waals surface area contributed by atoms with E-state index in [2.05, 4.69) is 0 Å². The van der Waals surface area contributed by atoms with Crippen LogP contribution >= 0.6 is 11.8 Å². The molecular formula is C15H17BO4S. The molecule has 0 saturated carbocycles. The number of thioether (sulfide) groups is 1. The zero-order chi connectivity index (χ0) is 15.2. The molecule has 0 unspecified atom stereocenters. The third-order valence-electron chi connectivity index (χ3n) is 3.06. The molecule has 21 heavy (non-hydrogen) atoms. The number of ether oxygens (including phenoxy) is 2. The standard InChI is InChI=1S/C15H17BO4S/c1-19-13-4-6-14(7-5-13)21-10-11-9-12(16(17)18)3-8-15(11)20-2/h3-9,17-18H,10H2,1-2H3. The Labute approximate surface area is 128 Å². The maximum absolute atomic E-state index is 9.25. The van der Waals surface area contributed by atoms with Crippen LogP contribution in [0.4, 0.5) is 0 Å². The van der Waals surface area contributed by atoms with E-state index < -0.39 is 7.12 Å². The second kappa shape index (κ2) is 7.40. The van der Waals surface area contributed by atoms with Crippen molar-refractivity contribution in [2.24, 2.45) is 0 Å². The van der Waals surface area contributed by atoms with Crippen LogP contribution in [0, 0.1) is 0 Å². The highest BCUT2D eigenvalue weighted by Gasteiger charge is 2.14. The Morgan fingerprint density at radius 2 is 1.71 bits per heavy atom. The van der Waals surface area contributed by atoms with Gasteiger partial charge in [0.15, 0.2) is 0 Å². The predicted octanol–water partition coefficient (Wildman–Crippen LogP) is 1.68. The predicted molar refractivity (Wildman–Crippen MR) is 85.4 cm³/mol. The Hall–Kier alpha value is -1.63. The van der Waals surface area contributed by atoms with Crippen molar-refractivity contribution < 1.29 is 19.5 Å². The van der Waals surface area contributed by atoms with Gasteiger partial charge in [0, 0.05) is 16.2 Å². The molecule has 4 nitrogen and oxygen atoms in total. The SMILES string of the molecule is COc1ccc(SCc2cc(B(O)O)ccc2OC)cc1. The lowest BCUT2D eigenvalue weighted by Gasteiger charge is -2.10. The lowest BCUT2D eigenvalue weighted by molar-refractivity contribution is 0.410. The molecule has 0 aliphatic rings. The molecule has 0 atom stereocenters. The number of hydrogen-bond acceptors (Lipinski definition) is 5. The van der Waals surface area contributed by atoms with E-state index in [1.807, 2.05) is 24.3 Å². The third kappa shape index (κ3) is 4.17. The summed E-state index contributed by atoms with van der Waals surface area (Å²) in [7, 11) is 1.77. The molecule has 0 amide bonds. The van der Waals surface area contributed by atoms with Gasteiger partial charge in [-0.3, -0.25) is 0 Å². The average Bonchev–Trinajstić information content (AvgIpc) is 2.53. The van der Waals surface area contributed by atoms with Crippen LogP contribution in [-0.2, 0) is 5.75 Å². The number of hydrogen-bond donors (Lipinski definition) is 2. The molecule has 0 aromatic heterocycles. The van der Waals surface area contributed by atoms with E-state index in [0.29, 0.717) is 11.2 Å². The second-order valence-electron chi connectivity index (χ2n) is 4.41. The minimum atomic E-state index is -1.47. The largest absolute Gasteiger partial charge is 0.497 e. The fourth-order valence-electron chi connectivity index (χ4n) is 1.90. The van der Waals surface area contributed by atoms with Gasteiger partial charge in [0.25, 0.3) is 0 Å². The van der Waals surface area contributed by atoms with E-state index in [-0.39, 0.29) is 0 Å². The fraction of sp³-hybridized carbons (Fsp3) is 0.200. The topological polar surface area (TPSA) is 58.9 Å². The minimum Gasteiger partial charge on any atom is -0.497 e. The van der Waals surface area contributed by atoms with Gasteiger partial charge in [-0.1, -0.05) is 12.1 Å². The summed E-state index contributed by atoms with van der Waals surface area (Å²) in [6, 6.07) is 12.9. The number of benzene rings is 2. The Balaban J connectivity index is 2.12. The smallest absolute Gasteiger partial charge is 0.488 e. The lowest BCUT2D eigenvalue weighted by atomic mass is 9.79. The van der Waals surface area contributed by atoms with Gasteiger partial charge >= 0.3 is 7.12 Å². The normalized spacial score (nSPS) is 10.3. The van der Waals surface area contributed by atoms with Crippen molar-refractivity contribution in [1.29, 1.82) is 0 Å². The van der Waals surface area contributed by atoms with Gasteiger partial charge in [0.2, 0.25) is 0 Å². The van der Waals surface area contributed by atoms with Crippen molar-refractivity contribution >= 4 is 24.3 Å². The molecule has 0 radical (unpaired) electrons. The van der Waals surface area contributed by atoms with Gasteiger partial charge in [0.1, 0.15) is 11.5 Å². The van der Waals surface area contributed by atoms with Crippen LogP contribution < -0.4 is 14.9 Å². The molecule has 2 aromatic carbocycles. The monoisotopic (exact) mass is 304 g/mol. The molecular weight excluding hydrogens is 287 g/mol. The van der Waals surface area contributed by atoms with Crippen molar-refractivity contribution in [2.45, 2.75) is 10.6 Å². The van der Waals surface area contributed by atoms with Crippen LogP contribution in [0.25, 0.3) is 0 Å². The first-order valence-corrected chi connectivity index (χ1v) is 7.42. The summed E-state index contributed by atoms with van der Waals surface area (Å²) in [6.45, 7) is 0. The van der Waals surface area contributed by atoms with E-state index in [9.17, 15) is 10.0 Å². The van der Waals surface area contributed by atoms with Gasteiger partial charge in [-0.2, -0.15) is 0 Å². The first-order valence-electron chi connectivity index (χ1n) is 6.44. The summed E-state index contributed by atoms with van der Waals surface area (Å²) in [5.41, 5.74) is 1.38. The molecule has 0 fully saturated rings. The van der Waals surface area contributed by atoms with Gasteiger partial charge in [-0.15, -0.1) is 11.8 Å². The Morgan fingerprint density at radius 3 is 2.29 bits per heavy atom. The van der Waals surface area contributed by atoms with Crippen molar-refractivity contribution in [3.63, 3.8) is 0 Å². The first kappa shape index (κ1) is 15.8. The maximum atomic E-state index is 9.25. The highest BCUT2D eigenvalue weighted by molar-refractivity contribution is 7.98. The Kier molecular flexibility index (Phi) is 5.55. The van der Waals surface area contributed by atoms with E-state index in [1.165, 1.54) is 0 Å². The summed E-state index contributed by atoms with van der Waals surface area (Å²) in [4.78, 5) is 1.10. The summed E-state index contributed by atoms with van der Waals surface area (Å²) in [5.74, 6) is 2.23. The molecule has 0 heterocycles. The van der Waals surface area contributed by atoms with Crippen molar-refractivity contribution in [3.05, 3.63) is 48.0 Å². The van der Waals surface area contributed by atoms with Gasteiger partial charge in [-0.25, -0.2) is 0 Å². The van der Waals surface area contributed by atoms with Crippen LogP contribution in [0.1, 0.15) is 5.56 Å². The summed E-state index contributed by atoms with van der Waals surface area (Å²) >= 11 is 1.64. The quantitative estimate of drug-likeness (QED) is 0.628. The molecule has 0 saturated heterocycles. The van der Waals surface area contributed by atoms with Crippen LogP contribution in [0.5, 0.6) is 11.5 Å². The minimum absolute atomic E-state index is 0.459. The molecule has 0 bridgehead atoms. The third-order valence-corrected chi connectivity index (χ3v) is 4.12. The van der Waals surface area contributed by atoms with Gasteiger partial charge in [0.05, 0.1) is 14.2 Å². The summed E-state index contributed by atoms with van der Waals surface area (Å²) < 4.78 is 10.4. The Bertz CT molecular complexity index is 587. The van der Waals surface area contributed by atoms with Gasteiger partial charge in [-0.05, 0) is 35.8 Å². The molecule has 6 heteroatoms. The summed E-state index contributed by atoms with van der Waals surface area (Å²) in [5, 5.41) is 18.5. The molecule has 0 spiro atoms. The van der Waals surface area contributed by atoms with E-state index in [0.717, 1.165) is 22.0 Å². The molecule has 110 valence electrons. The van der Waals surface area contributed by atoms with Crippen LogP contribution in [-0.4, -0.2) is 31.4 Å².